The van der Waals surface area contributed by atoms with Crippen LogP contribution in [-0.4, -0.2) is 31.1 Å². The highest BCUT2D eigenvalue weighted by Crippen LogP contribution is 2.41. The maximum Gasteiger partial charge on any atom is 0.0352 e. The van der Waals surface area contributed by atoms with Gasteiger partial charge in [0.25, 0.3) is 0 Å². The monoisotopic (exact) mass is 386 g/mol. The van der Waals surface area contributed by atoms with E-state index in [0.717, 1.165) is 19.0 Å². The Balaban J connectivity index is 1.83. The Morgan fingerprint density at radius 3 is 2.32 bits per heavy atom. The minimum Gasteiger partial charge on any atom is -0.314 e. The van der Waals surface area contributed by atoms with Crippen molar-refractivity contribution in [3.8, 4) is 0 Å². The molecule has 0 bridgehead atoms. The molecule has 104 valence electrons. The van der Waals surface area contributed by atoms with Crippen molar-refractivity contribution in [1.82, 2.24) is 10.2 Å². The third-order valence-electron chi connectivity index (χ3n) is 4.12. The first-order valence-electron chi connectivity index (χ1n) is 7.13. The van der Waals surface area contributed by atoms with Gasteiger partial charge in [-0.25, -0.2) is 0 Å². The molecule has 3 rings (SSSR count). The molecule has 1 N–H and O–H groups in total. The minimum atomic E-state index is 0.586. The van der Waals surface area contributed by atoms with Gasteiger partial charge in [0.05, 0.1) is 0 Å². The Hall–Kier alpha value is 0.1000. The minimum absolute atomic E-state index is 0.586. The van der Waals surface area contributed by atoms with E-state index in [2.05, 4.69) is 60.3 Å². The lowest BCUT2D eigenvalue weighted by Crippen LogP contribution is -2.45. The maximum atomic E-state index is 3.63. The Bertz CT molecular complexity index is 420. The van der Waals surface area contributed by atoms with Gasteiger partial charge in [0, 0.05) is 41.2 Å². The Kier molecular flexibility index (Phi) is 4.62. The molecule has 1 atom stereocenters. The molecule has 0 spiro atoms. The number of nitrogens with one attached hydrogen (secondary N) is 1. The fourth-order valence-corrected chi connectivity index (χ4v) is 4.26. The van der Waals surface area contributed by atoms with Gasteiger partial charge < -0.3 is 5.32 Å². The number of benzene rings is 1. The second-order valence-corrected chi connectivity index (χ2v) is 7.51. The summed E-state index contributed by atoms with van der Waals surface area (Å²) in [5.74, 6) is 0.956. The molecule has 1 aliphatic carbocycles. The predicted molar refractivity (Wildman–Crippen MR) is 86.4 cm³/mol. The number of nitrogens with zero attached hydrogens (tertiary/aromatic N) is 1. The van der Waals surface area contributed by atoms with Crippen LogP contribution in [-0.2, 0) is 0 Å². The average molecular weight is 388 g/mol. The summed E-state index contributed by atoms with van der Waals surface area (Å²) in [6, 6.07) is 7.29. The summed E-state index contributed by atoms with van der Waals surface area (Å²) in [4.78, 5) is 2.66. The average Bonchev–Trinajstić information content (AvgIpc) is 3.20. The molecule has 1 aromatic rings. The first kappa shape index (κ1) is 14.1. The number of rotatable bonds is 4. The molecule has 1 saturated heterocycles. The molecule has 0 aromatic heterocycles. The zero-order valence-corrected chi connectivity index (χ0v) is 14.2. The molecule has 0 amide bonds. The third-order valence-corrected chi connectivity index (χ3v) is 5.03. The van der Waals surface area contributed by atoms with Crippen molar-refractivity contribution in [2.75, 3.05) is 26.2 Å². The van der Waals surface area contributed by atoms with Crippen LogP contribution in [0.2, 0.25) is 0 Å². The van der Waals surface area contributed by atoms with Gasteiger partial charge in [-0.05, 0) is 36.1 Å². The van der Waals surface area contributed by atoms with Gasteiger partial charge in [-0.1, -0.05) is 44.7 Å². The lowest BCUT2D eigenvalue weighted by Gasteiger charge is -2.35. The van der Waals surface area contributed by atoms with Crippen LogP contribution in [0.25, 0.3) is 0 Å². The SMILES string of the molecule is Brc1cc(Br)cc([C@@H](CC2CC2)N2CCNCC2)c1. The summed E-state index contributed by atoms with van der Waals surface area (Å²) >= 11 is 7.25. The van der Waals surface area contributed by atoms with Gasteiger partial charge in [0.1, 0.15) is 0 Å². The summed E-state index contributed by atoms with van der Waals surface area (Å²) in [5, 5.41) is 3.45. The Morgan fingerprint density at radius 1 is 1.11 bits per heavy atom. The van der Waals surface area contributed by atoms with Crippen LogP contribution in [0.1, 0.15) is 30.9 Å². The van der Waals surface area contributed by atoms with Gasteiger partial charge in [0.15, 0.2) is 0 Å². The Morgan fingerprint density at radius 2 is 1.74 bits per heavy atom. The summed E-state index contributed by atoms with van der Waals surface area (Å²) in [6.45, 7) is 4.58. The molecule has 19 heavy (non-hydrogen) atoms. The van der Waals surface area contributed by atoms with Crippen LogP contribution < -0.4 is 5.32 Å². The van der Waals surface area contributed by atoms with Crippen molar-refractivity contribution in [3.05, 3.63) is 32.7 Å². The fourth-order valence-electron chi connectivity index (χ4n) is 2.93. The summed E-state index contributed by atoms with van der Waals surface area (Å²) in [6.07, 6.45) is 4.18. The van der Waals surface area contributed by atoms with Gasteiger partial charge in [-0.15, -0.1) is 0 Å². The predicted octanol–water partition coefficient (Wildman–Crippen LogP) is 3.96. The summed E-state index contributed by atoms with van der Waals surface area (Å²) in [5.41, 5.74) is 1.45. The maximum absolute atomic E-state index is 3.63. The van der Waals surface area contributed by atoms with E-state index < -0.39 is 0 Å². The molecule has 2 aliphatic rings. The highest BCUT2D eigenvalue weighted by Gasteiger charge is 2.30. The second-order valence-electron chi connectivity index (χ2n) is 5.68. The van der Waals surface area contributed by atoms with Gasteiger partial charge in [-0.3, -0.25) is 4.90 Å². The van der Waals surface area contributed by atoms with Gasteiger partial charge >= 0.3 is 0 Å². The molecule has 2 fully saturated rings. The molecular weight excluding hydrogens is 368 g/mol. The van der Waals surface area contributed by atoms with E-state index in [0.29, 0.717) is 6.04 Å². The number of hydrogen-bond donors (Lipinski definition) is 1. The lowest BCUT2D eigenvalue weighted by atomic mass is 9.99. The topological polar surface area (TPSA) is 15.3 Å². The molecule has 1 aliphatic heterocycles. The van der Waals surface area contributed by atoms with Crippen molar-refractivity contribution in [2.45, 2.75) is 25.3 Å². The van der Waals surface area contributed by atoms with E-state index in [1.54, 1.807) is 0 Å². The van der Waals surface area contributed by atoms with E-state index in [1.165, 1.54) is 46.9 Å². The van der Waals surface area contributed by atoms with Crippen molar-refractivity contribution < 1.29 is 0 Å². The van der Waals surface area contributed by atoms with E-state index in [9.17, 15) is 0 Å². The van der Waals surface area contributed by atoms with Crippen LogP contribution in [0.3, 0.4) is 0 Å². The standard InChI is InChI=1S/C15H20Br2N2/c16-13-8-12(9-14(17)10-13)15(7-11-1-2-11)19-5-3-18-4-6-19/h8-11,15,18H,1-7H2/t15-/m1/s1. The molecule has 2 nitrogen and oxygen atoms in total. The van der Waals surface area contributed by atoms with Crippen LogP contribution in [0.4, 0.5) is 0 Å². The van der Waals surface area contributed by atoms with E-state index in [-0.39, 0.29) is 0 Å². The smallest absolute Gasteiger partial charge is 0.0352 e. The Labute approximate surface area is 132 Å². The van der Waals surface area contributed by atoms with Crippen LogP contribution >= 0.6 is 31.9 Å². The largest absolute Gasteiger partial charge is 0.314 e. The lowest BCUT2D eigenvalue weighted by molar-refractivity contribution is 0.160. The highest BCUT2D eigenvalue weighted by molar-refractivity contribution is 9.11. The summed E-state index contributed by atoms with van der Waals surface area (Å²) in [7, 11) is 0. The number of hydrogen-bond acceptors (Lipinski definition) is 2. The third kappa shape index (κ3) is 3.81. The van der Waals surface area contributed by atoms with Crippen molar-refractivity contribution in [1.29, 1.82) is 0 Å². The quantitative estimate of drug-likeness (QED) is 0.841. The second kappa shape index (κ2) is 6.25. The number of halogens is 2. The molecule has 4 heteroatoms. The molecule has 1 aromatic carbocycles. The molecule has 1 saturated carbocycles. The zero-order valence-electron chi connectivity index (χ0n) is 11.0. The summed E-state index contributed by atoms with van der Waals surface area (Å²) < 4.78 is 2.35. The molecule has 1 heterocycles. The van der Waals surface area contributed by atoms with E-state index in [4.69, 9.17) is 0 Å². The molecule has 0 radical (unpaired) electrons. The van der Waals surface area contributed by atoms with Crippen LogP contribution in [0.5, 0.6) is 0 Å². The van der Waals surface area contributed by atoms with E-state index in [1.807, 2.05) is 0 Å². The normalized spacial score (nSPS) is 22.4. The van der Waals surface area contributed by atoms with E-state index >= 15 is 0 Å². The first-order valence-corrected chi connectivity index (χ1v) is 8.72. The number of piperazine rings is 1. The van der Waals surface area contributed by atoms with Gasteiger partial charge in [0.2, 0.25) is 0 Å². The highest BCUT2D eigenvalue weighted by atomic mass is 79.9. The zero-order chi connectivity index (χ0) is 13.2. The van der Waals surface area contributed by atoms with Crippen LogP contribution in [0, 0.1) is 5.92 Å². The van der Waals surface area contributed by atoms with Gasteiger partial charge in [-0.2, -0.15) is 0 Å². The van der Waals surface area contributed by atoms with Crippen molar-refractivity contribution >= 4 is 31.9 Å². The van der Waals surface area contributed by atoms with Crippen molar-refractivity contribution in [2.24, 2.45) is 5.92 Å². The molecular formula is C15H20Br2N2. The molecule has 0 unspecified atom stereocenters. The first-order chi connectivity index (χ1) is 9.22. The van der Waals surface area contributed by atoms with Crippen LogP contribution in [0.15, 0.2) is 27.1 Å². The fraction of sp³-hybridized carbons (Fsp3) is 0.600. The van der Waals surface area contributed by atoms with Crippen molar-refractivity contribution in [3.63, 3.8) is 0 Å².